The highest BCUT2D eigenvalue weighted by molar-refractivity contribution is 7.07. The van der Waals surface area contributed by atoms with E-state index in [0.717, 1.165) is 24.4 Å². The minimum Gasteiger partial charge on any atom is -0.484 e. The number of benzene rings is 1. The van der Waals surface area contributed by atoms with Crippen LogP contribution in [-0.4, -0.2) is 72.7 Å². The maximum Gasteiger partial charge on any atom is 0.357 e. The molecular formula is C27H29N5O5S. The number of nitrogens with one attached hydrogen (secondary N) is 1. The van der Waals surface area contributed by atoms with Crippen molar-refractivity contribution in [3.05, 3.63) is 68.2 Å². The van der Waals surface area contributed by atoms with Crippen molar-refractivity contribution < 1.29 is 19.1 Å². The van der Waals surface area contributed by atoms with Gasteiger partial charge in [0.25, 0.3) is 11.5 Å². The highest BCUT2D eigenvalue weighted by Gasteiger charge is 2.19. The first-order valence-corrected chi connectivity index (χ1v) is 12.8. The molecule has 11 heteroatoms. The Morgan fingerprint density at radius 3 is 2.71 bits per heavy atom. The van der Waals surface area contributed by atoms with Crippen LogP contribution in [0.5, 0.6) is 5.75 Å². The summed E-state index contributed by atoms with van der Waals surface area (Å²) in [6, 6.07) is 8.85. The molecule has 0 unspecified atom stereocenters. The van der Waals surface area contributed by atoms with Gasteiger partial charge in [-0.15, -0.1) is 0 Å². The average molecular weight is 536 g/mol. The predicted octanol–water partition coefficient (Wildman–Crippen LogP) is 0.646. The molecular weight excluding hydrogens is 506 g/mol. The van der Waals surface area contributed by atoms with Crippen molar-refractivity contribution >= 4 is 40.4 Å². The zero-order chi connectivity index (χ0) is 27.5. The normalized spacial score (nSPS) is 12.9. The number of rotatable bonds is 9. The van der Waals surface area contributed by atoms with E-state index in [-0.39, 0.29) is 34.8 Å². The first-order valence-electron chi connectivity index (χ1n) is 12.0. The molecule has 2 heterocycles. The van der Waals surface area contributed by atoms with Crippen LogP contribution in [0.3, 0.4) is 0 Å². The lowest BCUT2D eigenvalue weighted by Crippen LogP contribution is -2.48. The van der Waals surface area contributed by atoms with Crippen molar-refractivity contribution in [3.8, 4) is 11.8 Å². The molecule has 0 spiro atoms. The van der Waals surface area contributed by atoms with E-state index in [1.54, 1.807) is 36.1 Å². The molecule has 0 saturated carbocycles. The van der Waals surface area contributed by atoms with Gasteiger partial charge in [-0.3, -0.25) is 14.2 Å². The number of hydrogen-bond acceptors (Lipinski definition) is 9. The first-order chi connectivity index (χ1) is 18.4. The minimum atomic E-state index is -0.842. The minimum absolute atomic E-state index is 0.0387. The Morgan fingerprint density at radius 1 is 1.26 bits per heavy atom. The van der Waals surface area contributed by atoms with Crippen LogP contribution in [0.25, 0.3) is 11.5 Å². The number of nitrogens with zero attached hydrogens (tertiary/aromatic N) is 4. The quantitative estimate of drug-likeness (QED) is 0.215. The Bertz CT molecular complexity index is 1480. The van der Waals surface area contributed by atoms with Gasteiger partial charge in [0, 0.05) is 50.7 Å². The number of piperazine rings is 1. The number of esters is 1. The van der Waals surface area contributed by atoms with Gasteiger partial charge in [-0.1, -0.05) is 41.5 Å². The second-order valence-corrected chi connectivity index (χ2v) is 9.22. The van der Waals surface area contributed by atoms with E-state index in [9.17, 15) is 19.6 Å². The van der Waals surface area contributed by atoms with Crippen LogP contribution in [0.4, 0.5) is 5.69 Å². The topological polar surface area (TPSA) is 117 Å². The van der Waals surface area contributed by atoms with E-state index in [4.69, 9.17) is 9.47 Å². The molecule has 198 valence electrons. The van der Waals surface area contributed by atoms with Gasteiger partial charge in [-0.2, -0.15) is 5.26 Å². The molecule has 1 aromatic heterocycles. The number of anilines is 1. The van der Waals surface area contributed by atoms with E-state index in [2.05, 4.69) is 28.3 Å². The number of aromatic nitrogens is 1. The number of carbonyl (C=O) groups excluding carboxylic acids is 2. The molecule has 2 aromatic rings. The van der Waals surface area contributed by atoms with Gasteiger partial charge >= 0.3 is 5.97 Å². The van der Waals surface area contributed by atoms with Crippen LogP contribution in [0.2, 0.25) is 0 Å². The number of thiazole rings is 1. The third kappa shape index (κ3) is 7.59. The standard InChI is InChI=1S/C27H29N5O5S/c1-4-15-36-27(35)20(18-28)16-25-32(5-2)26(34)23(38-25)9-10-29-21-7-6-8-22(17-21)37-19-24(33)31-13-11-30(3)12-14-31/h4,6-8,10,17,29H,1,5,11-15,19H2,2-3H3. The zero-order valence-electron chi connectivity index (χ0n) is 21.4. The number of ether oxygens (including phenoxy) is 2. The molecule has 3 rings (SSSR count). The van der Waals surface area contributed by atoms with Crippen LogP contribution in [0, 0.1) is 11.3 Å². The third-order valence-corrected chi connectivity index (χ3v) is 6.59. The molecule has 1 aliphatic heterocycles. The Kier molecular flexibility index (Phi) is 10.3. The summed E-state index contributed by atoms with van der Waals surface area (Å²) in [6.45, 7) is 8.54. The monoisotopic (exact) mass is 535 g/mol. The van der Waals surface area contributed by atoms with Crippen LogP contribution in [0.1, 0.15) is 6.92 Å². The lowest BCUT2D eigenvalue weighted by atomic mass is 10.3. The van der Waals surface area contributed by atoms with Crippen LogP contribution >= 0.6 is 11.3 Å². The Balaban J connectivity index is 1.77. The van der Waals surface area contributed by atoms with Crippen LogP contribution < -0.4 is 24.8 Å². The fraction of sp³-hybridized carbons (Fsp3) is 0.333. The molecule has 38 heavy (non-hydrogen) atoms. The fourth-order valence-electron chi connectivity index (χ4n) is 3.47. The summed E-state index contributed by atoms with van der Waals surface area (Å²) in [5.41, 5.74) is 5.61. The maximum absolute atomic E-state index is 12.8. The van der Waals surface area contributed by atoms with E-state index in [0.29, 0.717) is 35.7 Å². The van der Waals surface area contributed by atoms with Gasteiger partial charge in [0.1, 0.15) is 27.6 Å². The summed E-state index contributed by atoms with van der Waals surface area (Å²) in [4.78, 5) is 41.2. The number of carbonyl (C=O) groups is 2. The number of hydrogen-bond donors (Lipinski definition) is 1. The van der Waals surface area contributed by atoms with Gasteiger partial charge in [0.05, 0.1) is 0 Å². The fourth-order valence-corrected chi connectivity index (χ4v) is 4.46. The number of nitriles is 1. The molecule has 1 amide bonds. The van der Waals surface area contributed by atoms with Gasteiger partial charge in [0.2, 0.25) is 0 Å². The molecule has 10 nitrogen and oxygen atoms in total. The van der Waals surface area contributed by atoms with Crippen molar-refractivity contribution in [1.29, 1.82) is 5.26 Å². The molecule has 1 aromatic carbocycles. The lowest BCUT2D eigenvalue weighted by Gasteiger charge is -2.32. The van der Waals surface area contributed by atoms with Crippen molar-refractivity contribution in [2.24, 2.45) is 0 Å². The molecule has 1 aliphatic rings. The maximum atomic E-state index is 12.8. The van der Waals surface area contributed by atoms with E-state index < -0.39 is 5.97 Å². The Hall–Kier alpha value is -4.32. The third-order valence-electron chi connectivity index (χ3n) is 5.57. The van der Waals surface area contributed by atoms with Crippen LogP contribution in [0.15, 0.2) is 53.5 Å². The Labute approximate surface area is 224 Å². The van der Waals surface area contributed by atoms with Crippen molar-refractivity contribution in [2.45, 2.75) is 13.5 Å². The van der Waals surface area contributed by atoms with Gasteiger partial charge < -0.3 is 24.6 Å². The number of amides is 1. The second-order valence-electron chi connectivity index (χ2n) is 8.22. The highest BCUT2D eigenvalue weighted by atomic mass is 32.1. The molecule has 1 fully saturated rings. The predicted molar refractivity (Wildman–Crippen MR) is 145 cm³/mol. The van der Waals surface area contributed by atoms with E-state index in [1.807, 2.05) is 13.1 Å². The molecule has 0 aliphatic carbocycles. The van der Waals surface area contributed by atoms with Gasteiger partial charge in [-0.25, -0.2) is 4.79 Å². The Morgan fingerprint density at radius 2 is 2.03 bits per heavy atom. The summed E-state index contributed by atoms with van der Waals surface area (Å²) >= 11 is 1.05. The molecule has 0 bridgehead atoms. The second kappa shape index (κ2) is 13.8. The SMILES string of the molecule is C=CCOC(=O)C(=C=c1sc(=C=CNc2cccc(OCC(=O)N3CCN(C)CC3)c2)c(=O)n1CC)C#N. The first kappa shape index (κ1) is 28.3. The van der Waals surface area contributed by atoms with Crippen molar-refractivity contribution in [2.75, 3.05) is 51.8 Å². The van der Waals surface area contributed by atoms with Gasteiger partial charge in [-0.05, 0) is 26.1 Å². The van der Waals surface area contributed by atoms with Crippen molar-refractivity contribution in [1.82, 2.24) is 14.4 Å². The summed E-state index contributed by atoms with van der Waals surface area (Å²) in [6.07, 6.45) is 2.87. The summed E-state index contributed by atoms with van der Waals surface area (Å²) in [5, 5.41) is 12.3. The molecule has 0 radical (unpaired) electrons. The van der Waals surface area contributed by atoms with E-state index >= 15 is 0 Å². The molecule has 1 saturated heterocycles. The van der Waals surface area contributed by atoms with Gasteiger partial charge in [0.15, 0.2) is 12.2 Å². The summed E-state index contributed by atoms with van der Waals surface area (Å²) in [5.74, 6) is -0.361. The lowest BCUT2D eigenvalue weighted by molar-refractivity contribution is -0.137. The zero-order valence-corrected chi connectivity index (χ0v) is 22.2. The van der Waals surface area contributed by atoms with E-state index in [1.165, 1.54) is 16.8 Å². The van der Waals surface area contributed by atoms with Crippen LogP contribution in [-0.2, 0) is 20.9 Å². The largest absolute Gasteiger partial charge is 0.484 e. The summed E-state index contributed by atoms with van der Waals surface area (Å²) < 4.78 is 12.5. The summed E-state index contributed by atoms with van der Waals surface area (Å²) in [7, 11) is 2.03. The van der Waals surface area contributed by atoms with Crippen molar-refractivity contribution in [3.63, 3.8) is 0 Å². The molecule has 0 atom stereocenters. The smallest absolute Gasteiger partial charge is 0.357 e. The average Bonchev–Trinajstić information content (AvgIpc) is 3.23. The number of likely N-dealkylation sites (N-methyl/N-ethyl adjacent to an activating group) is 1. The molecule has 1 N–H and O–H groups in total. The highest BCUT2D eigenvalue weighted by Crippen LogP contribution is 2.17.